The van der Waals surface area contributed by atoms with Gasteiger partial charge in [-0.05, 0) is 18.3 Å². The molecule has 0 aliphatic rings. The predicted molar refractivity (Wildman–Crippen MR) is 73.1 cm³/mol. The average Bonchev–Trinajstić information content (AvgIpc) is 2.11. The summed E-state index contributed by atoms with van der Waals surface area (Å²) in [7, 11) is 0. The van der Waals surface area contributed by atoms with E-state index in [1.54, 1.807) is 0 Å². The molecule has 0 saturated carbocycles. The summed E-state index contributed by atoms with van der Waals surface area (Å²) in [6, 6.07) is -0.264. The third kappa shape index (κ3) is 10.5. The SMILES string of the molecule is CC(C)CC(=O)NCC(O)C(N)CC(C)C.Cl. The number of rotatable bonds is 7. The van der Waals surface area contributed by atoms with E-state index < -0.39 is 6.10 Å². The van der Waals surface area contributed by atoms with Crippen molar-refractivity contribution in [2.24, 2.45) is 17.6 Å². The Morgan fingerprint density at radius 1 is 1.24 bits per heavy atom. The normalized spacial score (nSPS) is 14.4. The molecular weight excluding hydrogens is 240 g/mol. The fraction of sp³-hybridized carbons (Fsp3) is 0.917. The number of amides is 1. The van der Waals surface area contributed by atoms with Gasteiger partial charge in [0, 0.05) is 19.0 Å². The van der Waals surface area contributed by atoms with E-state index in [1.165, 1.54) is 0 Å². The monoisotopic (exact) mass is 266 g/mol. The quantitative estimate of drug-likeness (QED) is 0.650. The molecule has 17 heavy (non-hydrogen) atoms. The molecule has 0 aromatic carbocycles. The zero-order valence-corrected chi connectivity index (χ0v) is 12.1. The molecule has 0 spiro atoms. The van der Waals surface area contributed by atoms with E-state index in [2.05, 4.69) is 19.2 Å². The van der Waals surface area contributed by atoms with E-state index >= 15 is 0 Å². The maximum absolute atomic E-state index is 11.3. The van der Waals surface area contributed by atoms with Gasteiger partial charge in [0.1, 0.15) is 0 Å². The van der Waals surface area contributed by atoms with Crippen LogP contribution in [0.5, 0.6) is 0 Å². The van der Waals surface area contributed by atoms with Gasteiger partial charge in [0.05, 0.1) is 6.10 Å². The van der Waals surface area contributed by atoms with Crippen LogP contribution in [0.25, 0.3) is 0 Å². The summed E-state index contributed by atoms with van der Waals surface area (Å²) >= 11 is 0. The number of hydrogen-bond acceptors (Lipinski definition) is 3. The van der Waals surface area contributed by atoms with E-state index in [9.17, 15) is 9.90 Å². The second-order valence-corrected chi connectivity index (χ2v) is 5.26. The molecule has 2 atom stereocenters. The molecule has 104 valence electrons. The molecule has 4 N–H and O–H groups in total. The van der Waals surface area contributed by atoms with Gasteiger partial charge in [0.25, 0.3) is 0 Å². The number of aliphatic hydroxyl groups is 1. The third-order valence-electron chi connectivity index (χ3n) is 2.34. The number of nitrogens with one attached hydrogen (secondary N) is 1. The van der Waals surface area contributed by atoms with Crippen molar-refractivity contribution in [2.45, 2.75) is 52.7 Å². The summed E-state index contributed by atoms with van der Waals surface area (Å²) in [6.07, 6.45) is 0.603. The maximum Gasteiger partial charge on any atom is 0.220 e. The van der Waals surface area contributed by atoms with Crippen molar-refractivity contribution in [3.8, 4) is 0 Å². The Morgan fingerprint density at radius 2 is 1.76 bits per heavy atom. The van der Waals surface area contributed by atoms with Gasteiger partial charge < -0.3 is 16.2 Å². The van der Waals surface area contributed by atoms with Gasteiger partial charge in [0.15, 0.2) is 0 Å². The molecule has 0 rings (SSSR count). The van der Waals surface area contributed by atoms with Gasteiger partial charge in [-0.25, -0.2) is 0 Å². The first kappa shape index (κ1) is 19.0. The average molecular weight is 267 g/mol. The van der Waals surface area contributed by atoms with Crippen molar-refractivity contribution in [1.82, 2.24) is 5.32 Å². The first-order valence-corrected chi connectivity index (χ1v) is 6.03. The van der Waals surface area contributed by atoms with Crippen molar-refractivity contribution in [2.75, 3.05) is 6.54 Å². The van der Waals surface area contributed by atoms with Gasteiger partial charge in [-0.15, -0.1) is 12.4 Å². The van der Waals surface area contributed by atoms with Crippen LogP contribution in [-0.4, -0.2) is 29.7 Å². The molecule has 4 nitrogen and oxygen atoms in total. The van der Waals surface area contributed by atoms with Crippen LogP contribution in [-0.2, 0) is 4.79 Å². The van der Waals surface area contributed by atoms with E-state index in [0.29, 0.717) is 18.3 Å². The Bertz CT molecular complexity index is 211. The van der Waals surface area contributed by atoms with E-state index in [-0.39, 0.29) is 30.9 Å². The molecule has 0 bridgehead atoms. The summed E-state index contributed by atoms with van der Waals surface area (Å²) in [4.78, 5) is 11.3. The highest BCUT2D eigenvalue weighted by atomic mass is 35.5. The molecule has 0 aliphatic carbocycles. The topological polar surface area (TPSA) is 75.3 Å². The first-order valence-electron chi connectivity index (χ1n) is 6.03. The Kier molecular flexibility index (Phi) is 10.8. The fourth-order valence-electron chi connectivity index (χ4n) is 1.51. The minimum Gasteiger partial charge on any atom is -0.390 e. The van der Waals surface area contributed by atoms with Crippen LogP contribution in [0, 0.1) is 11.8 Å². The smallest absolute Gasteiger partial charge is 0.220 e. The van der Waals surface area contributed by atoms with Crippen molar-refractivity contribution in [3.63, 3.8) is 0 Å². The van der Waals surface area contributed by atoms with E-state index in [4.69, 9.17) is 5.73 Å². The van der Waals surface area contributed by atoms with Crippen LogP contribution >= 0.6 is 12.4 Å². The highest BCUT2D eigenvalue weighted by Crippen LogP contribution is 2.06. The van der Waals surface area contributed by atoms with E-state index in [0.717, 1.165) is 6.42 Å². The number of nitrogens with two attached hydrogens (primary N) is 1. The highest BCUT2D eigenvalue weighted by Gasteiger charge is 2.16. The standard InChI is InChI=1S/C12H26N2O2.ClH/c1-8(2)5-10(13)11(15)7-14-12(16)6-9(3)4;/h8-11,15H,5-7,13H2,1-4H3,(H,14,16);1H. The minimum atomic E-state index is -0.654. The molecule has 0 aromatic heterocycles. The Hall–Kier alpha value is -0.320. The van der Waals surface area contributed by atoms with Crippen molar-refractivity contribution in [1.29, 1.82) is 0 Å². The molecular formula is C12H27ClN2O2. The number of aliphatic hydroxyl groups excluding tert-OH is 1. The lowest BCUT2D eigenvalue weighted by Crippen LogP contribution is -2.44. The van der Waals surface area contributed by atoms with Crippen LogP contribution < -0.4 is 11.1 Å². The molecule has 2 unspecified atom stereocenters. The van der Waals surface area contributed by atoms with Crippen LogP contribution in [0.2, 0.25) is 0 Å². The number of halogens is 1. The highest BCUT2D eigenvalue weighted by molar-refractivity contribution is 5.85. The molecule has 0 radical (unpaired) electrons. The number of carbonyl (C=O) groups excluding carboxylic acids is 1. The van der Waals surface area contributed by atoms with Gasteiger partial charge in [-0.1, -0.05) is 27.7 Å². The Balaban J connectivity index is 0. The van der Waals surface area contributed by atoms with Crippen LogP contribution in [0.3, 0.4) is 0 Å². The summed E-state index contributed by atoms with van der Waals surface area (Å²) in [5.41, 5.74) is 5.80. The van der Waals surface area contributed by atoms with Crippen LogP contribution in [0.4, 0.5) is 0 Å². The molecule has 0 fully saturated rings. The zero-order chi connectivity index (χ0) is 12.7. The maximum atomic E-state index is 11.3. The number of carbonyl (C=O) groups is 1. The Morgan fingerprint density at radius 3 is 2.18 bits per heavy atom. The van der Waals surface area contributed by atoms with Crippen molar-refractivity contribution < 1.29 is 9.90 Å². The third-order valence-corrected chi connectivity index (χ3v) is 2.34. The molecule has 0 aromatic rings. The Labute approximate surface area is 111 Å². The lowest BCUT2D eigenvalue weighted by atomic mass is 10.00. The molecule has 5 heteroatoms. The fourth-order valence-corrected chi connectivity index (χ4v) is 1.51. The second kappa shape index (κ2) is 9.68. The molecule has 0 heterocycles. The largest absolute Gasteiger partial charge is 0.390 e. The zero-order valence-electron chi connectivity index (χ0n) is 11.3. The van der Waals surface area contributed by atoms with E-state index in [1.807, 2.05) is 13.8 Å². The predicted octanol–water partition coefficient (Wildman–Crippen LogP) is 1.30. The number of hydrogen-bond donors (Lipinski definition) is 3. The lowest BCUT2D eigenvalue weighted by Gasteiger charge is -2.21. The van der Waals surface area contributed by atoms with Gasteiger partial charge in [-0.2, -0.15) is 0 Å². The van der Waals surface area contributed by atoms with Crippen LogP contribution in [0.15, 0.2) is 0 Å². The van der Waals surface area contributed by atoms with Gasteiger partial charge in [-0.3, -0.25) is 4.79 Å². The lowest BCUT2D eigenvalue weighted by molar-refractivity contribution is -0.122. The van der Waals surface area contributed by atoms with Crippen molar-refractivity contribution in [3.05, 3.63) is 0 Å². The molecule has 1 amide bonds. The summed E-state index contributed by atoms with van der Waals surface area (Å²) < 4.78 is 0. The summed E-state index contributed by atoms with van der Waals surface area (Å²) in [5, 5.41) is 12.4. The van der Waals surface area contributed by atoms with Gasteiger partial charge in [0.2, 0.25) is 5.91 Å². The second-order valence-electron chi connectivity index (χ2n) is 5.26. The summed E-state index contributed by atoms with van der Waals surface area (Å²) in [5.74, 6) is 0.767. The summed E-state index contributed by atoms with van der Waals surface area (Å²) in [6.45, 7) is 8.34. The minimum absolute atomic E-state index is 0. The molecule has 0 aliphatic heterocycles. The van der Waals surface area contributed by atoms with Crippen molar-refractivity contribution >= 4 is 18.3 Å². The molecule has 0 saturated heterocycles. The van der Waals surface area contributed by atoms with Gasteiger partial charge >= 0.3 is 0 Å². The van der Waals surface area contributed by atoms with Crippen LogP contribution in [0.1, 0.15) is 40.5 Å². The first-order chi connectivity index (χ1) is 7.32.